The Morgan fingerprint density at radius 2 is 2.25 bits per heavy atom. The van der Waals surface area contributed by atoms with Gasteiger partial charge in [0.05, 0.1) is 0 Å². The number of hydrogen-bond donors (Lipinski definition) is 2. The van der Waals surface area contributed by atoms with Crippen molar-refractivity contribution in [3.63, 3.8) is 0 Å². The molecule has 0 amide bonds. The van der Waals surface area contributed by atoms with E-state index in [0.717, 1.165) is 0 Å². The van der Waals surface area contributed by atoms with E-state index in [2.05, 4.69) is 4.84 Å². The first kappa shape index (κ1) is 8.96. The first-order valence-electron chi connectivity index (χ1n) is 3.49. The lowest BCUT2D eigenvalue weighted by Crippen LogP contribution is -2.05. The van der Waals surface area contributed by atoms with E-state index < -0.39 is 5.82 Å². The maximum atomic E-state index is 12.7. The van der Waals surface area contributed by atoms with Crippen LogP contribution in [0, 0.1) is 5.82 Å². The van der Waals surface area contributed by atoms with E-state index in [0.29, 0.717) is 5.56 Å². The number of aromatic hydroxyl groups is 1. The van der Waals surface area contributed by atoms with Crippen molar-refractivity contribution in [2.45, 2.75) is 13.0 Å². The number of halogens is 1. The van der Waals surface area contributed by atoms with Crippen molar-refractivity contribution in [1.82, 2.24) is 0 Å². The van der Waals surface area contributed by atoms with Crippen LogP contribution < -0.4 is 5.90 Å². The number of phenolic OH excluding ortho intramolecular Hbond substituents is 1. The number of rotatable bonds is 2. The van der Waals surface area contributed by atoms with Crippen molar-refractivity contribution in [2.24, 2.45) is 5.90 Å². The van der Waals surface area contributed by atoms with Gasteiger partial charge in [0.1, 0.15) is 6.10 Å². The molecule has 0 fully saturated rings. The minimum absolute atomic E-state index is 0.372. The van der Waals surface area contributed by atoms with Crippen molar-refractivity contribution < 1.29 is 14.3 Å². The molecule has 1 atom stereocenters. The molecule has 0 heterocycles. The fraction of sp³-hybridized carbons (Fsp3) is 0.250. The predicted octanol–water partition coefficient (Wildman–Crippen LogP) is 1.48. The van der Waals surface area contributed by atoms with E-state index in [4.69, 9.17) is 11.0 Å². The number of hydrogen-bond acceptors (Lipinski definition) is 3. The number of phenols is 1. The van der Waals surface area contributed by atoms with Gasteiger partial charge in [-0.15, -0.1) is 0 Å². The van der Waals surface area contributed by atoms with Gasteiger partial charge in [0.15, 0.2) is 11.6 Å². The molecule has 3 nitrogen and oxygen atoms in total. The lowest BCUT2D eigenvalue weighted by Gasteiger charge is -2.08. The Morgan fingerprint density at radius 3 is 2.75 bits per heavy atom. The second-order valence-electron chi connectivity index (χ2n) is 2.49. The third-order valence-electron chi connectivity index (χ3n) is 1.65. The molecule has 0 aliphatic carbocycles. The molecule has 1 unspecified atom stereocenters. The van der Waals surface area contributed by atoms with E-state index in [9.17, 15) is 4.39 Å². The zero-order chi connectivity index (χ0) is 9.14. The minimum Gasteiger partial charge on any atom is -0.505 e. The highest BCUT2D eigenvalue weighted by Gasteiger charge is 2.07. The Labute approximate surface area is 69.5 Å². The molecule has 1 aromatic rings. The minimum atomic E-state index is -0.670. The van der Waals surface area contributed by atoms with Crippen LogP contribution in [0.1, 0.15) is 18.6 Å². The highest BCUT2D eigenvalue weighted by atomic mass is 19.1. The van der Waals surface area contributed by atoms with Crippen molar-refractivity contribution >= 4 is 0 Å². The lowest BCUT2D eigenvalue weighted by atomic mass is 10.1. The molecule has 1 rings (SSSR count). The summed E-state index contributed by atoms with van der Waals surface area (Å²) in [6, 6.07) is 4.00. The zero-order valence-electron chi connectivity index (χ0n) is 6.62. The van der Waals surface area contributed by atoms with Gasteiger partial charge >= 0.3 is 0 Å². The third kappa shape index (κ3) is 1.72. The van der Waals surface area contributed by atoms with Crippen LogP contribution in [0.5, 0.6) is 5.75 Å². The molecule has 0 saturated carbocycles. The van der Waals surface area contributed by atoms with Gasteiger partial charge in [0.25, 0.3) is 0 Å². The van der Waals surface area contributed by atoms with E-state index in [1.54, 1.807) is 13.0 Å². The molecular weight excluding hydrogens is 161 g/mol. The van der Waals surface area contributed by atoms with Gasteiger partial charge in [0, 0.05) is 0 Å². The Balaban J connectivity index is 2.96. The lowest BCUT2D eigenvalue weighted by molar-refractivity contribution is 0.0661. The SMILES string of the molecule is CC(ON)c1ccc(O)c(F)c1. The number of benzene rings is 1. The van der Waals surface area contributed by atoms with Gasteiger partial charge in [-0.2, -0.15) is 0 Å². The van der Waals surface area contributed by atoms with Crippen molar-refractivity contribution in [1.29, 1.82) is 0 Å². The van der Waals surface area contributed by atoms with Gasteiger partial charge in [-0.25, -0.2) is 10.3 Å². The quantitative estimate of drug-likeness (QED) is 0.662. The summed E-state index contributed by atoms with van der Waals surface area (Å²) in [4.78, 5) is 4.48. The highest BCUT2D eigenvalue weighted by Crippen LogP contribution is 2.21. The third-order valence-corrected chi connectivity index (χ3v) is 1.65. The largest absolute Gasteiger partial charge is 0.505 e. The Morgan fingerprint density at radius 1 is 1.58 bits per heavy atom. The van der Waals surface area contributed by atoms with Crippen molar-refractivity contribution in [3.05, 3.63) is 29.6 Å². The van der Waals surface area contributed by atoms with Crippen LogP contribution in [0.25, 0.3) is 0 Å². The predicted molar refractivity (Wildman–Crippen MR) is 41.8 cm³/mol. The van der Waals surface area contributed by atoms with Crippen LogP contribution in [-0.2, 0) is 4.84 Å². The monoisotopic (exact) mass is 171 g/mol. The molecule has 0 aliphatic heterocycles. The zero-order valence-corrected chi connectivity index (χ0v) is 6.62. The molecule has 3 N–H and O–H groups in total. The van der Waals surface area contributed by atoms with E-state index in [1.807, 2.05) is 0 Å². The topological polar surface area (TPSA) is 55.5 Å². The average molecular weight is 171 g/mol. The van der Waals surface area contributed by atoms with Crippen LogP contribution in [0.4, 0.5) is 4.39 Å². The second-order valence-corrected chi connectivity index (χ2v) is 2.49. The van der Waals surface area contributed by atoms with E-state index in [-0.39, 0.29) is 11.9 Å². The molecule has 4 heteroatoms. The molecule has 0 aromatic heterocycles. The van der Waals surface area contributed by atoms with Gasteiger partial charge in [0.2, 0.25) is 0 Å². The van der Waals surface area contributed by atoms with Crippen LogP contribution in [-0.4, -0.2) is 5.11 Å². The first-order valence-corrected chi connectivity index (χ1v) is 3.49. The summed E-state index contributed by atoms with van der Waals surface area (Å²) in [5, 5.41) is 8.85. The Hall–Kier alpha value is -1.13. The maximum absolute atomic E-state index is 12.7. The van der Waals surface area contributed by atoms with Crippen LogP contribution >= 0.6 is 0 Å². The van der Waals surface area contributed by atoms with Gasteiger partial charge in [-0.05, 0) is 24.6 Å². The summed E-state index contributed by atoms with van der Waals surface area (Å²) in [6.07, 6.45) is -0.375. The number of nitrogens with two attached hydrogens (primary N) is 1. The smallest absolute Gasteiger partial charge is 0.165 e. The van der Waals surface area contributed by atoms with Gasteiger partial charge in [-0.1, -0.05) is 6.07 Å². The van der Waals surface area contributed by atoms with Crippen molar-refractivity contribution in [3.8, 4) is 5.75 Å². The highest BCUT2D eigenvalue weighted by molar-refractivity contribution is 5.28. The molecule has 0 spiro atoms. The summed E-state index contributed by atoms with van der Waals surface area (Å²) in [7, 11) is 0. The second kappa shape index (κ2) is 3.51. The molecule has 66 valence electrons. The fourth-order valence-corrected chi connectivity index (χ4v) is 0.855. The molecular formula is C8H10FNO2. The summed E-state index contributed by atoms with van der Waals surface area (Å²) in [6.45, 7) is 1.69. The molecule has 0 bridgehead atoms. The fourth-order valence-electron chi connectivity index (χ4n) is 0.855. The van der Waals surface area contributed by atoms with Crippen LogP contribution in [0.3, 0.4) is 0 Å². The molecule has 0 radical (unpaired) electrons. The van der Waals surface area contributed by atoms with Crippen LogP contribution in [0.15, 0.2) is 18.2 Å². The summed E-state index contributed by atoms with van der Waals surface area (Å²) < 4.78 is 12.7. The van der Waals surface area contributed by atoms with Gasteiger partial charge in [-0.3, -0.25) is 4.84 Å². The summed E-state index contributed by atoms with van der Waals surface area (Å²) in [5.74, 6) is 3.86. The van der Waals surface area contributed by atoms with Crippen LogP contribution in [0.2, 0.25) is 0 Å². The summed E-state index contributed by atoms with van der Waals surface area (Å²) in [5.41, 5.74) is 0.591. The summed E-state index contributed by atoms with van der Waals surface area (Å²) >= 11 is 0. The average Bonchev–Trinajstić information content (AvgIpc) is 2.08. The normalized spacial score (nSPS) is 12.9. The standard InChI is InChI=1S/C8H10FNO2/c1-5(12-10)6-2-3-8(11)7(9)4-6/h2-5,11H,10H2,1H3. The molecule has 12 heavy (non-hydrogen) atoms. The molecule has 1 aromatic carbocycles. The van der Waals surface area contributed by atoms with E-state index in [1.165, 1.54) is 12.1 Å². The first-order chi connectivity index (χ1) is 5.65. The maximum Gasteiger partial charge on any atom is 0.165 e. The van der Waals surface area contributed by atoms with E-state index >= 15 is 0 Å². The molecule has 0 aliphatic rings. The van der Waals surface area contributed by atoms with Crippen molar-refractivity contribution in [2.75, 3.05) is 0 Å². The Bertz CT molecular complexity index is 278. The molecule has 0 saturated heterocycles. The Kier molecular flexibility index (Phi) is 2.62. The van der Waals surface area contributed by atoms with Gasteiger partial charge < -0.3 is 5.11 Å².